The Kier molecular flexibility index (Phi) is 7.02. The first kappa shape index (κ1) is 22.8. The lowest BCUT2D eigenvalue weighted by Crippen LogP contribution is -2.14. The van der Waals surface area contributed by atoms with E-state index < -0.39 is 20.0 Å². The molecule has 3 rings (SSSR count). The van der Waals surface area contributed by atoms with Gasteiger partial charge in [0.2, 0.25) is 0 Å². The van der Waals surface area contributed by atoms with Crippen LogP contribution in [0.25, 0.3) is 0 Å². The third kappa shape index (κ3) is 6.08. The van der Waals surface area contributed by atoms with Crippen molar-refractivity contribution in [2.45, 2.75) is 42.9 Å². The Balaban J connectivity index is 1.69. The van der Waals surface area contributed by atoms with E-state index in [0.717, 1.165) is 30.4 Å². The average Bonchev–Trinajstić information content (AvgIpc) is 2.74. The van der Waals surface area contributed by atoms with Gasteiger partial charge in [0, 0.05) is 11.4 Å². The molecule has 0 radical (unpaired) electrons. The fourth-order valence-corrected chi connectivity index (χ4v) is 5.09. The van der Waals surface area contributed by atoms with Crippen molar-refractivity contribution >= 4 is 31.4 Å². The highest BCUT2D eigenvalue weighted by atomic mass is 32.2. The molecule has 0 amide bonds. The van der Waals surface area contributed by atoms with Gasteiger partial charge in [-0.05, 0) is 73.9 Å². The Bertz CT molecular complexity index is 1220. The molecule has 0 heterocycles. The van der Waals surface area contributed by atoms with Gasteiger partial charge in [-0.15, -0.1) is 0 Å². The molecule has 0 aliphatic heterocycles. The summed E-state index contributed by atoms with van der Waals surface area (Å²) in [7, 11) is -7.45. The fourth-order valence-electron chi connectivity index (χ4n) is 2.97. The van der Waals surface area contributed by atoms with Crippen molar-refractivity contribution in [3.63, 3.8) is 0 Å². The van der Waals surface area contributed by atoms with Gasteiger partial charge in [0.1, 0.15) is 0 Å². The smallest absolute Gasteiger partial charge is 0.261 e. The monoisotopic (exact) mass is 458 g/mol. The van der Waals surface area contributed by atoms with Gasteiger partial charge in [0.15, 0.2) is 0 Å². The second-order valence-corrected chi connectivity index (χ2v) is 10.7. The van der Waals surface area contributed by atoms with Crippen molar-refractivity contribution in [1.29, 1.82) is 0 Å². The van der Waals surface area contributed by atoms with E-state index in [9.17, 15) is 16.8 Å². The fraction of sp³-hybridized carbons (Fsp3) is 0.217. The molecule has 0 fully saturated rings. The topological polar surface area (TPSA) is 92.3 Å². The maximum absolute atomic E-state index is 12.6. The zero-order chi connectivity index (χ0) is 22.5. The van der Waals surface area contributed by atoms with E-state index in [1.165, 1.54) is 36.4 Å². The Morgan fingerprint density at radius 2 is 1.06 bits per heavy atom. The molecule has 8 heteroatoms. The number of anilines is 2. The number of rotatable bonds is 9. The van der Waals surface area contributed by atoms with Crippen molar-refractivity contribution in [2.75, 3.05) is 9.44 Å². The molecule has 3 aromatic carbocycles. The molecule has 0 saturated heterocycles. The van der Waals surface area contributed by atoms with Gasteiger partial charge >= 0.3 is 0 Å². The number of benzene rings is 3. The van der Waals surface area contributed by atoms with Gasteiger partial charge in [-0.1, -0.05) is 43.2 Å². The standard InChI is InChI=1S/C23H26N2O4S2/c1-3-4-5-19-8-16-23(17-9-19)31(28,29)25-21-12-10-20(11-13-21)24-30(26,27)22-14-6-18(2)7-15-22/h6-17,24-25H,3-5H2,1-2H3. The minimum Gasteiger partial charge on any atom is -0.280 e. The van der Waals surface area contributed by atoms with Crippen LogP contribution in [0.15, 0.2) is 82.6 Å². The highest BCUT2D eigenvalue weighted by Crippen LogP contribution is 2.21. The molecule has 0 unspecified atom stereocenters. The number of hydrogen-bond donors (Lipinski definition) is 2. The number of nitrogens with one attached hydrogen (secondary N) is 2. The third-order valence-corrected chi connectivity index (χ3v) is 7.57. The molecule has 0 atom stereocenters. The Hall–Kier alpha value is -2.84. The molecule has 3 aromatic rings. The van der Waals surface area contributed by atoms with Crippen LogP contribution in [0.1, 0.15) is 30.9 Å². The van der Waals surface area contributed by atoms with Crippen LogP contribution in [0.5, 0.6) is 0 Å². The summed E-state index contributed by atoms with van der Waals surface area (Å²) in [5.41, 5.74) is 2.74. The maximum Gasteiger partial charge on any atom is 0.261 e. The Morgan fingerprint density at radius 1 is 0.645 bits per heavy atom. The maximum atomic E-state index is 12.6. The number of unbranched alkanes of at least 4 members (excludes halogenated alkanes) is 1. The molecular formula is C23H26N2O4S2. The summed E-state index contributed by atoms with van der Waals surface area (Å²) in [6.45, 7) is 3.99. The van der Waals surface area contributed by atoms with Crippen molar-refractivity contribution in [1.82, 2.24) is 0 Å². The summed E-state index contributed by atoms with van der Waals surface area (Å²) >= 11 is 0. The zero-order valence-electron chi connectivity index (χ0n) is 17.5. The van der Waals surface area contributed by atoms with E-state index in [2.05, 4.69) is 16.4 Å². The molecule has 0 aliphatic rings. The zero-order valence-corrected chi connectivity index (χ0v) is 19.1. The van der Waals surface area contributed by atoms with Crippen molar-refractivity contribution in [3.8, 4) is 0 Å². The lowest BCUT2D eigenvalue weighted by atomic mass is 10.1. The van der Waals surface area contributed by atoms with Crippen LogP contribution in [-0.4, -0.2) is 16.8 Å². The van der Waals surface area contributed by atoms with Crippen LogP contribution < -0.4 is 9.44 Å². The minimum atomic E-state index is -3.73. The van der Waals surface area contributed by atoms with Gasteiger partial charge in [-0.25, -0.2) is 16.8 Å². The summed E-state index contributed by atoms with van der Waals surface area (Å²) in [5.74, 6) is 0. The van der Waals surface area contributed by atoms with Crippen LogP contribution >= 0.6 is 0 Å². The molecule has 6 nitrogen and oxygen atoms in total. The largest absolute Gasteiger partial charge is 0.280 e. The van der Waals surface area contributed by atoms with Crippen LogP contribution in [-0.2, 0) is 26.5 Å². The molecule has 164 valence electrons. The molecule has 0 saturated carbocycles. The first-order valence-electron chi connectivity index (χ1n) is 10.0. The normalized spacial score (nSPS) is 11.8. The molecule has 0 bridgehead atoms. The number of sulfonamides is 2. The SMILES string of the molecule is CCCCc1ccc(S(=O)(=O)Nc2ccc(NS(=O)(=O)c3ccc(C)cc3)cc2)cc1. The van der Waals surface area contributed by atoms with Gasteiger partial charge in [-0.2, -0.15) is 0 Å². The summed E-state index contributed by atoms with van der Waals surface area (Å²) in [6.07, 6.45) is 3.06. The van der Waals surface area contributed by atoms with Gasteiger partial charge < -0.3 is 0 Å². The van der Waals surface area contributed by atoms with E-state index in [4.69, 9.17) is 0 Å². The molecule has 0 spiro atoms. The Morgan fingerprint density at radius 3 is 1.48 bits per heavy atom. The second kappa shape index (κ2) is 9.53. The van der Waals surface area contributed by atoms with E-state index in [1.807, 2.05) is 19.1 Å². The quantitative estimate of drug-likeness (QED) is 0.475. The summed E-state index contributed by atoms with van der Waals surface area (Å²) in [4.78, 5) is 0.335. The van der Waals surface area contributed by atoms with E-state index >= 15 is 0 Å². The molecule has 0 aromatic heterocycles. The highest BCUT2D eigenvalue weighted by molar-refractivity contribution is 7.93. The van der Waals surface area contributed by atoms with Crippen molar-refractivity contribution in [2.24, 2.45) is 0 Å². The molecular weight excluding hydrogens is 432 g/mol. The summed E-state index contributed by atoms with van der Waals surface area (Å²) in [5, 5.41) is 0. The van der Waals surface area contributed by atoms with E-state index in [0.29, 0.717) is 11.4 Å². The Labute approximate surface area is 184 Å². The lowest BCUT2D eigenvalue weighted by Gasteiger charge is -2.11. The minimum absolute atomic E-state index is 0.158. The van der Waals surface area contributed by atoms with E-state index in [1.54, 1.807) is 24.3 Å². The van der Waals surface area contributed by atoms with Gasteiger partial charge in [0.05, 0.1) is 9.79 Å². The average molecular weight is 459 g/mol. The van der Waals surface area contributed by atoms with Crippen LogP contribution in [0.3, 0.4) is 0 Å². The number of aryl methyl sites for hydroxylation is 2. The number of hydrogen-bond acceptors (Lipinski definition) is 4. The van der Waals surface area contributed by atoms with Crippen molar-refractivity contribution in [3.05, 3.63) is 83.9 Å². The van der Waals surface area contributed by atoms with Gasteiger partial charge in [0.25, 0.3) is 20.0 Å². The van der Waals surface area contributed by atoms with Crippen LogP contribution in [0.2, 0.25) is 0 Å². The van der Waals surface area contributed by atoms with Crippen LogP contribution in [0, 0.1) is 6.92 Å². The highest BCUT2D eigenvalue weighted by Gasteiger charge is 2.16. The predicted octanol–water partition coefficient (Wildman–Crippen LogP) is 4.94. The molecule has 2 N–H and O–H groups in total. The molecule has 31 heavy (non-hydrogen) atoms. The summed E-state index contributed by atoms with van der Waals surface area (Å²) < 4.78 is 55.2. The predicted molar refractivity (Wildman–Crippen MR) is 124 cm³/mol. The second-order valence-electron chi connectivity index (χ2n) is 7.35. The molecule has 0 aliphatic carbocycles. The van der Waals surface area contributed by atoms with Crippen molar-refractivity contribution < 1.29 is 16.8 Å². The first-order chi connectivity index (χ1) is 14.7. The lowest BCUT2D eigenvalue weighted by molar-refractivity contribution is 0.599. The third-order valence-electron chi connectivity index (χ3n) is 4.77. The van der Waals surface area contributed by atoms with Gasteiger partial charge in [-0.3, -0.25) is 9.44 Å². The summed E-state index contributed by atoms with van der Waals surface area (Å²) in [6, 6.07) is 19.4. The van der Waals surface area contributed by atoms with Crippen LogP contribution in [0.4, 0.5) is 11.4 Å². The van der Waals surface area contributed by atoms with E-state index in [-0.39, 0.29) is 9.79 Å². The first-order valence-corrected chi connectivity index (χ1v) is 13.0.